The summed E-state index contributed by atoms with van der Waals surface area (Å²) in [6, 6.07) is 4.02. The Bertz CT molecular complexity index is 1840. The average molecular weight is 652 g/mol. The number of nitrogens with zero attached hydrogens (tertiary/aromatic N) is 5. The molecule has 0 spiro atoms. The molecule has 0 radical (unpaired) electrons. The van der Waals surface area contributed by atoms with E-state index >= 15 is 4.39 Å². The van der Waals surface area contributed by atoms with Gasteiger partial charge in [0.25, 0.3) is 5.91 Å². The van der Waals surface area contributed by atoms with Crippen molar-refractivity contribution >= 4 is 39.7 Å². The van der Waals surface area contributed by atoms with Crippen molar-refractivity contribution in [3.8, 4) is 11.3 Å². The van der Waals surface area contributed by atoms with Gasteiger partial charge in [0.15, 0.2) is 0 Å². The molecule has 238 valence electrons. The number of alkyl halides is 3. The predicted octanol–water partition coefficient (Wildman–Crippen LogP) is 2.05. The van der Waals surface area contributed by atoms with Gasteiger partial charge in [-0.05, 0) is 30.3 Å². The topological polar surface area (TPSA) is 182 Å². The number of halogens is 4. The number of hydrogen-bond acceptors (Lipinski definition) is 10. The third kappa shape index (κ3) is 6.71. The van der Waals surface area contributed by atoms with Crippen LogP contribution in [-0.2, 0) is 26.4 Å². The van der Waals surface area contributed by atoms with Crippen LogP contribution in [0.1, 0.15) is 34.3 Å². The van der Waals surface area contributed by atoms with Crippen molar-refractivity contribution in [1.82, 2.24) is 24.3 Å². The first-order valence-electron chi connectivity index (χ1n) is 13.3. The van der Waals surface area contributed by atoms with E-state index in [0.717, 1.165) is 18.3 Å². The molecule has 18 heteroatoms. The molecular weight excluding hydrogens is 626 g/mol. The highest BCUT2D eigenvalue weighted by atomic mass is 32.2. The number of nitrogens with one attached hydrogen (secondary N) is 1. The van der Waals surface area contributed by atoms with Crippen LogP contribution in [0.4, 0.5) is 29.2 Å². The number of aromatic nitrogens is 4. The lowest BCUT2D eigenvalue weighted by molar-refractivity contribution is -0.148. The van der Waals surface area contributed by atoms with E-state index in [1.54, 1.807) is 0 Å². The standard InChI is InChI=1S/C27H25F4N7O6S/c28-18-9-14(26(41)35-20-10-15(3-5-33-20)27(29,30)31)1-2-17(18)22-23-24(32)34-6-7-37(23)25(36-22)19-11-38(16(12-39)13-44-19)21(40)4-8-45(42)43/h1-3,5-7,9-10,16,19,39,45H,4,8,11-13H2,(H2,32,34)(H,33,35,41)/t16-,19-/m1/s1. The molecule has 1 aromatic carbocycles. The molecular formula is C27H25F4N7O6S. The second-order valence-corrected chi connectivity index (χ2v) is 11.0. The molecule has 2 atom stereocenters. The molecule has 1 aliphatic heterocycles. The number of benzene rings is 1. The Morgan fingerprint density at radius 2 is 1.93 bits per heavy atom. The summed E-state index contributed by atoms with van der Waals surface area (Å²) in [7, 11) is -2.79. The highest BCUT2D eigenvalue weighted by molar-refractivity contribution is 7.72. The van der Waals surface area contributed by atoms with E-state index in [9.17, 15) is 36.3 Å². The highest BCUT2D eigenvalue weighted by Gasteiger charge is 2.36. The van der Waals surface area contributed by atoms with Crippen LogP contribution in [0.2, 0.25) is 0 Å². The number of carbonyl (C=O) groups is 2. The van der Waals surface area contributed by atoms with Crippen molar-refractivity contribution in [2.45, 2.75) is 24.7 Å². The third-order valence-electron chi connectivity index (χ3n) is 7.05. The lowest BCUT2D eigenvalue weighted by Crippen LogP contribution is -2.51. The predicted molar refractivity (Wildman–Crippen MR) is 151 cm³/mol. The zero-order valence-electron chi connectivity index (χ0n) is 23.1. The summed E-state index contributed by atoms with van der Waals surface area (Å²) in [5.74, 6) is -2.91. The normalized spacial score (nSPS) is 17.2. The average Bonchev–Trinajstić information content (AvgIpc) is 3.39. The smallest absolute Gasteiger partial charge is 0.394 e. The Balaban J connectivity index is 1.45. The van der Waals surface area contributed by atoms with Crippen LogP contribution in [-0.4, -0.2) is 81.1 Å². The zero-order valence-corrected chi connectivity index (χ0v) is 24.0. The third-order valence-corrected chi connectivity index (χ3v) is 7.63. The molecule has 1 aliphatic rings. The Hall–Kier alpha value is -4.68. The zero-order chi connectivity index (χ0) is 32.5. The number of amides is 2. The summed E-state index contributed by atoms with van der Waals surface area (Å²) in [5.41, 5.74) is 5.01. The molecule has 4 N–H and O–H groups in total. The summed E-state index contributed by atoms with van der Waals surface area (Å²) in [6.07, 6.45) is -2.09. The number of pyridine rings is 1. The van der Waals surface area contributed by atoms with Gasteiger partial charge in [-0.15, -0.1) is 0 Å². The number of fused-ring (bicyclic) bond motifs is 1. The number of thiol groups is 1. The van der Waals surface area contributed by atoms with Gasteiger partial charge in [0.05, 0.1) is 37.1 Å². The van der Waals surface area contributed by atoms with Crippen molar-refractivity contribution < 1.29 is 45.4 Å². The fourth-order valence-electron chi connectivity index (χ4n) is 4.86. The molecule has 0 unspecified atom stereocenters. The maximum Gasteiger partial charge on any atom is 0.416 e. The van der Waals surface area contributed by atoms with E-state index in [4.69, 9.17) is 10.5 Å². The van der Waals surface area contributed by atoms with Crippen molar-refractivity contribution in [3.05, 3.63) is 71.7 Å². The quantitative estimate of drug-likeness (QED) is 0.163. The molecule has 1 fully saturated rings. The second kappa shape index (κ2) is 12.7. The Kier molecular flexibility index (Phi) is 8.98. The van der Waals surface area contributed by atoms with Crippen LogP contribution >= 0.6 is 0 Å². The summed E-state index contributed by atoms with van der Waals surface area (Å²) in [6.45, 7) is -0.632. The lowest BCUT2D eigenvalue weighted by Gasteiger charge is -2.38. The number of morpholine rings is 1. The van der Waals surface area contributed by atoms with Crippen LogP contribution in [0.5, 0.6) is 0 Å². The van der Waals surface area contributed by atoms with Crippen LogP contribution in [0.15, 0.2) is 48.9 Å². The van der Waals surface area contributed by atoms with Gasteiger partial charge in [0.2, 0.25) is 5.91 Å². The number of hydrogen-bond donors (Lipinski definition) is 4. The fraction of sp³-hybridized carbons (Fsp3) is 0.296. The van der Waals surface area contributed by atoms with Crippen LogP contribution < -0.4 is 11.1 Å². The van der Waals surface area contributed by atoms with Gasteiger partial charge in [-0.2, -0.15) is 13.2 Å². The first kappa shape index (κ1) is 31.7. The molecule has 0 aliphatic carbocycles. The molecule has 5 rings (SSSR count). The molecule has 4 heterocycles. The Morgan fingerprint density at radius 1 is 1.16 bits per heavy atom. The van der Waals surface area contributed by atoms with E-state index in [1.807, 2.05) is 0 Å². The van der Waals surface area contributed by atoms with Gasteiger partial charge in [-0.3, -0.25) is 14.0 Å². The van der Waals surface area contributed by atoms with Gasteiger partial charge in [-0.1, -0.05) is 0 Å². The molecule has 2 amide bonds. The van der Waals surface area contributed by atoms with Crippen molar-refractivity contribution in [1.29, 1.82) is 0 Å². The minimum absolute atomic E-state index is 0.0220. The van der Waals surface area contributed by atoms with E-state index in [-0.39, 0.29) is 65.1 Å². The molecule has 3 aromatic heterocycles. The number of rotatable bonds is 8. The van der Waals surface area contributed by atoms with Crippen molar-refractivity contribution in [3.63, 3.8) is 0 Å². The molecule has 1 saturated heterocycles. The molecule has 13 nitrogen and oxygen atoms in total. The monoisotopic (exact) mass is 651 g/mol. The van der Waals surface area contributed by atoms with Crippen LogP contribution in [0.3, 0.4) is 0 Å². The van der Waals surface area contributed by atoms with E-state index in [2.05, 4.69) is 20.3 Å². The summed E-state index contributed by atoms with van der Waals surface area (Å²) < 4.78 is 84.1. The van der Waals surface area contributed by atoms with E-state index in [0.29, 0.717) is 6.07 Å². The van der Waals surface area contributed by atoms with Crippen LogP contribution in [0.25, 0.3) is 16.8 Å². The number of nitrogen functional groups attached to an aromatic ring is 1. The summed E-state index contributed by atoms with van der Waals surface area (Å²) >= 11 is 0. The number of imidazole rings is 1. The van der Waals surface area contributed by atoms with Crippen molar-refractivity contribution in [2.75, 3.05) is 36.6 Å². The van der Waals surface area contributed by atoms with E-state index in [1.165, 1.54) is 33.8 Å². The molecule has 4 aromatic rings. The lowest BCUT2D eigenvalue weighted by atomic mass is 10.1. The number of carbonyl (C=O) groups excluding carboxylic acids is 2. The number of aliphatic hydroxyl groups is 1. The molecule has 45 heavy (non-hydrogen) atoms. The van der Waals surface area contributed by atoms with E-state index < -0.39 is 58.8 Å². The number of anilines is 2. The highest BCUT2D eigenvalue weighted by Crippen LogP contribution is 2.35. The van der Waals surface area contributed by atoms with Gasteiger partial charge in [-0.25, -0.2) is 27.8 Å². The minimum Gasteiger partial charge on any atom is -0.394 e. The summed E-state index contributed by atoms with van der Waals surface area (Å²) in [4.78, 5) is 39.2. The maximum atomic E-state index is 15.6. The number of nitrogens with two attached hydrogens (primary N) is 1. The van der Waals surface area contributed by atoms with Gasteiger partial charge < -0.3 is 25.8 Å². The number of aliphatic hydroxyl groups excluding tert-OH is 1. The Morgan fingerprint density at radius 3 is 2.62 bits per heavy atom. The van der Waals surface area contributed by atoms with Crippen LogP contribution in [0, 0.1) is 5.82 Å². The van der Waals surface area contributed by atoms with Gasteiger partial charge in [0, 0.05) is 36.1 Å². The fourth-order valence-corrected chi connectivity index (χ4v) is 5.23. The number of ether oxygens (including phenoxy) is 1. The largest absolute Gasteiger partial charge is 0.416 e. The SMILES string of the molecule is Nc1nccn2c([C@H]3CN(C(=O)CC[SH](=O)=O)[C@H](CO)CO3)nc(-c3ccc(C(=O)Nc4cc(C(F)(F)F)ccn4)cc3F)c12. The first-order valence-corrected chi connectivity index (χ1v) is 14.6. The summed E-state index contributed by atoms with van der Waals surface area (Å²) in [5, 5.41) is 12.0. The molecule has 0 saturated carbocycles. The Labute approximate surface area is 253 Å². The second-order valence-electron chi connectivity index (χ2n) is 9.94. The first-order chi connectivity index (χ1) is 21.4. The van der Waals surface area contributed by atoms with Gasteiger partial charge in [0.1, 0.15) is 51.3 Å². The van der Waals surface area contributed by atoms with Gasteiger partial charge >= 0.3 is 6.18 Å². The minimum atomic E-state index is -4.66. The molecule has 0 bridgehead atoms. The van der Waals surface area contributed by atoms with Crippen molar-refractivity contribution in [2.24, 2.45) is 0 Å². The maximum absolute atomic E-state index is 15.6.